The number of hydrogen-bond donors (Lipinski definition) is 0. The third kappa shape index (κ3) is 1.49. The Kier molecular flexibility index (Phi) is 2.36. The van der Waals surface area contributed by atoms with Crippen molar-refractivity contribution in [3.8, 4) is 0 Å². The fourth-order valence-electron chi connectivity index (χ4n) is 1.67. The largest absolute Gasteiger partial charge is 0.0616 e. The molecule has 0 spiro atoms. The molecule has 0 aliphatic rings. The summed E-state index contributed by atoms with van der Waals surface area (Å²) < 4.78 is 1.22. The average Bonchev–Trinajstić information content (AvgIpc) is 2.18. The van der Waals surface area contributed by atoms with Gasteiger partial charge in [-0.05, 0) is 28.8 Å². The highest BCUT2D eigenvalue weighted by atomic mass is 79.9. The Bertz CT molecular complexity index is 432. The maximum atomic E-state index is 3.58. The van der Waals surface area contributed by atoms with E-state index in [2.05, 4.69) is 59.3 Å². The molecule has 0 unspecified atom stereocenters. The fraction of sp³-hybridized carbons (Fsp3) is 0.167. The zero-order chi connectivity index (χ0) is 9.26. The van der Waals surface area contributed by atoms with Gasteiger partial charge in [-0.15, -0.1) is 0 Å². The van der Waals surface area contributed by atoms with E-state index in [-0.39, 0.29) is 0 Å². The third-order valence-corrected chi connectivity index (χ3v) is 3.08. The molecular formula is C12H11Br. The van der Waals surface area contributed by atoms with E-state index in [1.54, 1.807) is 0 Å². The molecule has 0 aliphatic heterocycles. The molecule has 0 saturated heterocycles. The molecule has 0 heterocycles. The number of fused-ring (bicyclic) bond motifs is 1. The highest BCUT2D eigenvalue weighted by Gasteiger charge is 2.01. The van der Waals surface area contributed by atoms with Crippen LogP contribution in [0.25, 0.3) is 10.8 Å². The lowest BCUT2D eigenvalue weighted by Gasteiger charge is -2.06. The Morgan fingerprint density at radius 2 is 1.85 bits per heavy atom. The highest BCUT2D eigenvalue weighted by molar-refractivity contribution is 9.10. The maximum absolute atomic E-state index is 3.58. The zero-order valence-corrected chi connectivity index (χ0v) is 9.14. The average molecular weight is 235 g/mol. The van der Waals surface area contributed by atoms with E-state index in [9.17, 15) is 0 Å². The molecule has 0 atom stereocenters. The van der Waals surface area contributed by atoms with Gasteiger partial charge in [0.05, 0.1) is 0 Å². The van der Waals surface area contributed by atoms with Crippen molar-refractivity contribution < 1.29 is 0 Å². The summed E-state index contributed by atoms with van der Waals surface area (Å²) in [6.45, 7) is 2.19. The summed E-state index contributed by atoms with van der Waals surface area (Å²) in [5.41, 5.74) is 1.40. The highest BCUT2D eigenvalue weighted by Crippen LogP contribution is 2.26. The SMILES string of the molecule is CCc1c(Br)ccc2ccccc12. The summed E-state index contributed by atoms with van der Waals surface area (Å²) >= 11 is 3.58. The van der Waals surface area contributed by atoms with Gasteiger partial charge >= 0.3 is 0 Å². The minimum absolute atomic E-state index is 1.07. The Labute approximate surface area is 86.7 Å². The van der Waals surface area contributed by atoms with E-state index in [4.69, 9.17) is 0 Å². The molecule has 2 aromatic rings. The molecule has 0 nitrogen and oxygen atoms in total. The minimum Gasteiger partial charge on any atom is -0.0616 e. The Morgan fingerprint density at radius 3 is 2.62 bits per heavy atom. The zero-order valence-electron chi connectivity index (χ0n) is 7.55. The van der Waals surface area contributed by atoms with E-state index >= 15 is 0 Å². The molecule has 0 amide bonds. The summed E-state index contributed by atoms with van der Waals surface area (Å²) in [6.07, 6.45) is 1.07. The summed E-state index contributed by atoms with van der Waals surface area (Å²) in [7, 11) is 0. The van der Waals surface area contributed by atoms with Crippen LogP contribution in [0.2, 0.25) is 0 Å². The van der Waals surface area contributed by atoms with Crippen LogP contribution in [-0.2, 0) is 6.42 Å². The van der Waals surface area contributed by atoms with Crippen LogP contribution >= 0.6 is 15.9 Å². The van der Waals surface area contributed by atoms with Gasteiger partial charge in [0, 0.05) is 4.47 Å². The van der Waals surface area contributed by atoms with Crippen molar-refractivity contribution in [1.29, 1.82) is 0 Å². The van der Waals surface area contributed by atoms with Crippen molar-refractivity contribution in [3.63, 3.8) is 0 Å². The molecule has 0 saturated carbocycles. The normalized spacial score (nSPS) is 10.6. The van der Waals surface area contributed by atoms with Crippen LogP contribution < -0.4 is 0 Å². The van der Waals surface area contributed by atoms with E-state index in [1.165, 1.54) is 20.8 Å². The second-order valence-electron chi connectivity index (χ2n) is 3.10. The van der Waals surface area contributed by atoms with Crippen LogP contribution in [0, 0.1) is 0 Å². The molecule has 0 fully saturated rings. The predicted molar refractivity (Wildman–Crippen MR) is 61.0 cm³/mol. The molecule has 66 valence electrons. The molecule has 2 rings (SSSR count). The quantitative estimate of drug-likeness (QED) is 0.696. The number of halogens is 1. The third-order valence-electron chi connectivity index (χ3n) is 2.34. The summed E-state index contributed by atoms with van der Waals surface area (Å²) in [4.78, 5) is 0. The van der Waals surface area contributed by atoms with Crippen molar-refractivity contribution in [3.05, 3.63) is 46.4 Å². The lowest BCUT2D eigenvalue weighted by atomic mass is 10.0. The first-order chi connectivity index (χ1) is 6.33. The first kappa shape index (κ1) is 8.76. The summed E-state index contributed by atoms with van der Waals surface area (Å²) in [5, 5.41) is 2.68. The molecule has 0 aromatic heterocycles. The lowest BCUT2D eigenvalue weighted by Crippen LogP contribution is -1.85. The maximum Gasteiger partial charge on any atom is 0.0213 e. The second kappa shape index (κ2) is 3.51. The Morgan fingerprint density at radius 1 is 1.08 bits per heavy atom. The van der Waals surface area contributed by atoms with Gasteiger partial charge in [0.15, 0.2) is 0 Å². The molecule has 2 aromatic carbocycles. The second-order valence-corrected chi connectivity index (χ2v) is 3.95. The molecule has 0 radical (unpaired) electrons. The first-order valence-corrected chi connectivity index (χ1v) is 5.28. The molecule has 0 bridgehead atoms. The topological polar surface area (TPSA) is 0 Å². The van der Waals surface area contributed by atoms with Crippen LogP contribution in [0.4, 0.5) is 0 Å². The monoisotopic (exact) mass is 234 g/mol. The van der Waals surface area contributed by atoms with Crippen LogP contribution in [0.5, 0.6) is 0 Å². The molecule has 1 heteroatoms. The van der Waals surface area contributed by atoms with E-state index in [0.717, 1.165) is 6.42 Å². The minimum atomic E-state index is 1.07. The smallest absolute Gasteiger partial charge is 0.0213 e. The first-order valence-electron chi connectivity index (χ1n) is 4.49. The van der Waals surface area contributed by atoms with Gasteiger partial charge in [-0.2, -0.15) is 0 Å². The van der Waals surface area contributed by atoms with Gasteiger partial charge in [0.2, 0.25) is 0 Å². The van der Waals surface area contributed by atoms with Crippen molar-refractivity contribution >= 4 is 26.7 Å². The van der Waals surface area contributed by atoms with E-state index < -0.39 is 0 Å². The standard InChI is InChI=1S/C12H11Br/c1-2-10-11-6-4-3-5-9(11)7-8-12(10)13/h3-8H,2H2,1H3. The Hall–Kier alpha value is -0.820. The van der Waals surface area contributed by atoms with Crippen LogP contribution in [0.15, 0.2) is 40.9 Å². The van der Waals surface area contributed by atoms with Gasteiger partial charge in [-0.25, -0.2) is 0 Å². The fourth-order valence-corrected chi connectivity index (χ4v) is 2.29. The van der Waals surface area contributed by atoms with Crippen molar-refractivity contribution in [2.24, 2.45) is 0 Å². The number of rotatable bonds is 1. The number of aryl methyl sites for hydroxylation is 1. The molecular weight excluding hydrogens is 224 g/mol. The van der Waals surface area contributed by atoms with Gasteiger partial charge in [-0.1, -0.05) is 53.2 Å². The van der Waals surface area contributed by atoms with Crippen molar-refractivity contribution in [1.82, 2.24) is 0 Å². The molecule has 0 aliphatic carbocycles. The van der Waals surface area contributed by atoms with Crippen LogP contribution in [0.3, 0.4) is 0 Å². The van der Waals surface area contributed by atoms with Gasteiger partial charge in [-0.3, -0.25) is 0 Å². The van der Waals surface area contributed by atoms with E-state index in [0.29, 0.717) is 0 Å². The molecule has 0 N–H and O–H groups in total. The van der Waals surface area contributed by atoms with Gasteiger partial charge in [0.1, 0.15) is 0 Å². The van der Waals surface area contributed by atoms with E-state index in [1.807, 2.05) is 0 Å². The summed E-state index contributed by atoms with van der Waals surface area (Å²) in [6, 6.07) is 12.8. The van der Waals surface area contributed by atoms with Gasteiger partial charge in [0.25, 0.3) is 0 Å². The van der Waals surface area contributed by atoms with Gasteiger partial charge < -0.3 is 0 Å². The predicted octanol–water partition coefficient (Wildman–Crippen LogP) is 4.16. The van der Waals surface area contributed by atoms with Crippen LogP contribution in [0.1, 0.15) is 12.5 Å². The number of hydrogen-bond acceptors (Lipinski definition) is 0. The van der Waals surface area contributed by atoms with Crippen LogP contribution in [-0.4, -0.2) is 0 Å². The molecule has 13 heavy (non-hydrogen) atoms. The summed E-state index contributed by atoms with van der Waals surface area (Å²) in [5.74, 6) is 0. The van der Waals surface area contributed by atoms with Crippen molar-refractivity contribution in [2.45, 2.75) is 13.3 Å². The van der Waals surface area contributed by atoms with Crippen molar-refractivity contribution in [2.75, 3.05) is 0 Å². The Balaban J connectivity index is 2.84. The lowest BCUT2D eigenvalue weighted by molar-refractivity contribution is 1.15. The number of benzene rings is 2.